The third kappa shape index (κ3) is 5.19. The molecule has 2 aromatic rings. The van der Waals surface area contributed by atoms with Gasteiger partial charge in [0.25, 0.3) is 0 Å². The fourth-order valence-corrected chi connectivity index (χ4v) is 2.91. The number of nitrogens with one attached hydrogen (secondary N) is 2. The van der Waals surface area contributed by atoms with Gasteiger partial charge in [-0.05, 0) is 28.7 Å². The van der Waals surface area contributed by atoms with E-state index in [2.05, 4.69) is 15.5 Å². The van der Waals surface area contributed by atoms with Gasteiger partial charge in [0.2, 0.25) is 0 Å². The predicted octanol–water partition coefficient (Wildman–Crippen LogP) is 4.74. The minimum Gasteiger partial charge on any atom is -0.316 e. The average molecular weight is 371 g/mol. The smallest absolute Gasteiger partial charge is 0.316 e. The molecule has 0 aliphatic carbocycles. The van der Waals surface area contributed by atoms with Crippen molar-refractivity contribution in [2.45, 2.75) is 12.7 Å². The molecule has 0 radical (unpaired) electrons. The Morgan fingerprint density at radius 2 is 1.96 bits per heavy atom. The lowest BCUT2D eigenvalue weighted by Crippen LogP contribution is -2.47. The van der Waals surface area contributed by atoms with Crippen LogP contribution in [0.2, 0.25) is 0 Å². The van der Waals surface area contributed by atoms with E-state index in [4.69, 9.17) is 6.57 Å². The van der Waals surface area contributed by atoms with Gasteiger partial charge in [0.05, 0.1) is 12.1 Å². The van der Waals surface area contributed by atoms with Crippen molar-refractivity contribution >= 4 is 17.8 Å². The molecule has 27 heavy (non-hydrogen) atoms. The molecule has 0 saturated carbocycles. The Hall–Kier alpha value is -2.62. The summed E-state index contributed by atoms with van der Waals surface area (Å²) in [5, 5.41) is 6.63. The third-order valence-electron chi connectivity index (χ3n) is 4.51. The molecule has 1 aliphatic heterocycles. The molecule has 3 rings (SSSR count). The third-order valence-corrected chi connectivity index (χ3v) is 4.51. The maximum Gasteiger partial charge on any atom is 0.415 e. The molecule has 2 aromatic carbocycles. The highest BCUT2D eigenvalue weighted by atomic mass is 19.4. The number of hydrogen-bond acceptors (Lipinski definition) is 2. The quantitative estimate of drug-likeness (QED) is 0.567. The summed E-state index contributed by atoms with van der Waals surface area (Å²) in [6.45, 7) is 10.7. The summed E-state index contributed by atoms with van der Waals surface area (Å²) in [5.41, 5.74) is 1.16. The monoisotopic (exact) mass is 371 g/mol. The molecule has 1 fully saturated rings. The van der Waals surface area contributed by atoms with Crippen LogP contribution < -0.4 is 10.6 Å². The van der Waals surface area contributed by atoms with Crippen LogP contribution in [0.3, 0.4) is 0 Å². The maximum atomic E-state index is 13.2. The predicted molar refractivity (Wildman–Crippen MR) is 101 cm³/mol. The van der Waals surface area contributed by atoms with Gasteiger partial charge in [-0.25, -0.2) is 4.85 Å². The summed E-state index contributed by atoms with van der Waals surface area (Å²) >= 11 is 0. The minimum absolute atomic E-state index is 0.0193. The van der Waals surface area contributed by atoms with Crippen LogP contribution in [-0.2, 0) is 12.7 Å². The Balaban J connectivity index is 1.72. The van der Waals surface area contributed by atoms with Gasteiger partial charge in [-0.1, -0.05) is 48.6 Å². The van der Waals surface area contributed by atoms with Gasteiger partial charge in [-0.2, -0.15) is 13.2 Å². The fraction of sp³-hybridized carbons (Fsp3) is 0.286. The summed E-state index contributed by atoms with van der Waals surface area (Å²) in [6, 6.07) is 11.3. The van der Waals surface area contributed by atoms with E-state index in [0.717, 1.165) is 43.4 Å². The normalized spacial score (nSPS) is 14.9. The average Bonchev–Trinajstić information content (AvgIpc) is 2.61. The topological polar surface area (TPSA) is 28.4 Å². The van der Waals surface area contributed by atoms with Crippen molar-refractivity contribution in [2.75, 3.05) is 19.6 Å². The highest BCUT2D eigenvalue weighted by Crippen LogP contribution is 2.35. The molecule has 1 saturated heterocycles. The molecule has 0 spiro atoms. The van der Waals surface area contributed by atoms with Gasteiger partial charge in [-0.3, -0.25) is 0 Å². The van der Waals surface area contributed by atoms with Gasteiger partial charge in [0.1, 0.15) is 0 Å². The van der Waals surface area contributed by atoms with E-state index in [1.165, 1.54) is 18.2 Å². The van der Waals surface area contributed by atoms with Crippen molar-refractivity contribution in [2.24, 2.45) is 5.92 Å². The van der Waals surface area contributed by atoms with E-state index in [1.807, 2.05) is 24.3 Å². The van der Waals surface area contributed by atoms with Crippen LogP contribution in [0.1, 0.15) is 22.3 Å². The Bertz CT molecular complexity index is 862. The lowest BCUT2D eigenvalue weighted by Gasteiger charge is -2.27. The van der Waals surface area contributed by atoms with Crippen molar-refractivity contribution in [1.82, 2.24) is 10.6 Å². The van der Waals surface area contributed by atoms with E-state index in [1.54, 1.807) is 6.08 Å². The van der Waals surface area contributed by atoms with Crippen LogP contribution >= 0.6 is 0 Å². The first-order chi connectivity index (χ1) is 13.0. The Kier molecular flexibility index (Phi) is 5.94. The molecule has 1 heterocycles. The Morgan fingerprint density at radius 1 is 1.15 bits per heavy atom. The minimum atomic E-state index is -4.50. The summed E-state index contributed by atoms with van der Waals surface area (Å²) < 4.78 is 39.7. The van der Waals surface area contributed by atoms with Crippen LogP contribution in [0.15, 0.2) is 42.5 Å². The molecule has 2 N–H and O–H groups in total. The highest BCUT2D eigenvalue weighted by molar-refractivity contribution is 5.73. The van der Waals surface area contributed by atoms with Crippen molar-refractivity contribution in [1.29, 1.82) is 0 Å². The van der Waals surface area contributed by atoms with E-state index in [-0.39, 0.29) is 11.3 Å². The first-order valence-corrected chi connectivity index (χ1v) is 8.73. The molecule has 0 atom stereocenters. The van der Waals surface area contributed by atoms with Crippen LogP contribution in [0.25, 0.3) is 17.0 Å². The number of benzene rings is 2. The number of halogens is 3. The number of alkyl halides is 3. The first kappa shape index (κ1) is 19.2. The number of rotatable bonds is 6. The fourth-order valence-electron chi connectivity index (χ4n) is 2.91. The Morgan fingerprint density at radius 3 is 2.63 bits per heavy atom. The molecule has 0 bridgehead atoms. The zero-order valence-corrected chi connectivity index (χ0v) is 14.7. The van der Waals surface area contributed by atoms with Crippen LogP contribution in [0, 0.1) is 12.5 Å². The molecule has 0 aromatic heterocycles. The van der Waals surface area contributed by atoms with Crippen molar-refractivity contribution < 1.29 is 13.2 Å². The van der Waals surface area contributed by atoms with Crippen LogP contribution in [0.4, 0.5) is 18.9 Å². The van der Waals surface area contributed by atoms with Crippen LogP contribution in [-0.4, -0.2) is 19.6 Å². The molecule has 3 nitrogen and oxygen atoms in total. The molecular weight excluding hydrogens is 351 g/mol. The van der Waals surface area contributed by atoms with E-state index < -0.39 is 11.7 Å². The van der Waals surface area contributed by atoms with Crippen molar-refractivity contribution in [3.05, 3.63) is 76.1 Å². The standard InChI is InChI=1S/C21H20F3N3/c1-25-19-8-7-18(20(10-19)21(22,23)24)6-5-15-3-2-4-16(9-15)11-26-12-17-13-27-14-17/h2-10,17,26-27H,11-14H2/b6-5+. The summed E-state index contributed by atoms with van der Waals surface area (Å²) in [6.07, 6.45) is -1.38. The summed E-state index contributed by atoms with van der Waals surface area (Å²) in [4.78, 5) is 3.08. The van der Waals surface area contributed by atoms with Crippen molar-refractivity contribution in [3.63, 3.8) is 0 Å². The van der Waals surface area contributed by atoms with E-state index >= 15 is 0 Å². The first-order valence-electron chi connectivity index (χ1n) is 8.73. The van der Waals surface area contributed by atoms with Gasteiger partial charge >= 0.3 is 6.18 Å². The second-order valence-corrected chi connectivity index (χ2v) is 6.61. The Labute approximate surface area is 156 Å². The number of nitrogens with zero attached hydrogens (tertiary/aromatic N) is 1. The largest absolute Gasteiger partial charge is 0.415 e. The maximum absolute atomic E-state index is 13.2. The van der Waals surface area contributed by atoms with Crippen LogP contribution in [0.5, 0.6) is 0 Å². The molecular formula is C21H20F3N3. The lowest BCUT2D eigenvalue weighted by molar-refractivity contribution is -0.137. The zero-order chi connectivity index (χ0) is 19.3. The van der Waals surface area contributed by atoms with Gasteiger partial charge in [-0.15, -0.1) is 0 Å². The van der Waals surface area contributed by atoms with Gasteiger partial charge in [0.15, 0.2) is 5.69 Å². The number of hydrogen-bond donors (Lipinski definition) is 2. The molecule has 1 aliphatic rings. The SMILES string of the molecule is [C-]#[N+]c1ccc(/C=C/c2cccc(CNCC3CNC3)c2)c(C(F)(F)F)c1. The molecule has 0 amide bonds. The second kappa shape index (κ2) is 8.38. The van der Waals surface area contributed by atoms with Crippen molar-refractivity contribution in [3.8, 4) is 0 Å². The summed E-state index contributed by atoms with van der Waals surface area (Å²) in [5.74, 6) is 0.673. The zero-order valence-electron chi connectivity index (χ0n) is 14.7. The molecule has 0 unspecified atom stereocenters. The van der Waals surface area contributed by atoms with E-state index in [0.29, 0.717) is 5.92 Å². The highest BCUT2D eigenvalue weighted by Gasteiger charge is 2.32. The van der Waals surface area contributed by atoms with Gasteiger partial charge in [0, 0.05) is 26.2 Å². The lowest BCUT2D eigenvalue weighted by atomic mass is 10.0. The van der Waals surface area contributed by atoms with Gasteiger partial charge < -0.3 is 10.6 Å². The van der Waals surface area contributed by atoms with E-state index in [9.17, 15) is 13.2 Å². The summed E-state index contributed by atoms with van der Waals surface area (Å²) in [7, 11) is 0. The molecule has 140 valence electrons. The molecule has 6 heteroatoms. The second-order valence-electron chi connectivity index (χ2n) is 6.61.